The highest BCUT2D eigenvalue weighted by atomic mass is 35.5. The third kappa shape index (κ3) is 3.88. The maximum absolute atomic E-state index is 11.6. The number of carboxylic acid groups (broad SMARTS) is 1. The molecule has 0 heterocycles. The van der Waals surface area contributed by atoms with Gasteiger partial charge in [0.25, 0.3) is 5.69 Å². The molecule has 7 heteroatoms. The Kier molecular flexibility index (Phi) is 5.60. The maximum atomic E-state index is 11.6. The molecule has 6 nitrogen and oxygen atoms in total. The zero-order chi connectivity index (χ0) is 16.2. The minimum absolute atomic E-state index is 0.0854. The average Bonchev–Trinajstić information content (AvgIpc) is 2.42. The summed E-state index contributed by atoms with van der Waals surface area (Å²) in [5.41, 5.74) is -0.0673. The molecule has 0 aliphatic carbocycles. The Hall–Kier alpha value is -2.21. The first-order valence-electron chi connectivity index (χ1n) is 6.08. The van der Waals surface area contributed by atoms with E-state index in [4.69, 9.17) is 11.6 Å². The lowest BCUT2D eigenvalue weighted by Crippen LogP contribution is -2.16. The number of alkyl halides is 1. The Morgan fingerprint density at radius 2 is 2.05 bits per heavy atom. The van der Waals surface area contributed by atoms with E-state index in [0.29, 0.717) is 5.56 Å². The zero-order valence-corrected chi connectivity index (χ0v) is 12.3. The maximum Gasteiger partial charge on any atom is 0.339 e. The molecule has 0 amide bonds. The molecule has 1 N–H and O–H groups in total. The summed E-state index contributed by atoms with van der Waals surface area (Å²) in [6.07, 6.45) is 0. The van der Waals surface area contributed by atoms with Gasteiger partial charge in [-0.2, -0.15) is 0 Å². The normalized spacial score (nSPS) is 13.3. The van der Waals surface area contributed by atoms with Crippen molar-refractivity contribution in [2.45, 2.75) is 13.8 Å². The standard InChI is InChI=1S/C14H14ClNO5/c1-8(7-15)12(13(9(2)17)14(18)19)10-4-3-5-11(6-10)16(20)21/h3-6,8H,7H2,1-2H3,(H,18,19). The molecule has 0 saturated carbocycles. The third-order valence-corrected chi connectivity index (χ3v) is 3.39. The van der Waals surface area contributed by atoms with Crippen molar-refractivity contribution in [3.05, 3.63) is 45.5 Å². The second-order valence-electron chi connectivity index (χ2n) is 4.51. The molecule has 0 radical (unpaired) electrons. The number of aliphatic carboxylic acids is 1. The number of nitrogens with zero attached hydrogens (tertiary/aromatic N) is 1. The fourth-order valence-electron chi connectivity index (χ4n) is 1.99. The van der Waals surface area contributed by atoms with Gasteiger partial charge in [0.2, 0.25) is 0 Å². The molecule has 0 fully saturated rings. The van der Waals surface area contributed by atoms with E-state index in [-0.39, 0.29) is 17.1 Å². The molecule has 0 aliphatic heterocycles. The Labute approximate surface area is 126 Å². The van der Waals surface area contributed by atoms with Crippen LogP contribution in [0, 0.1) is 16.0 Å². The topological polar surface area (TPSA) is 97.5 Å². The van der Waals surface area contributed by atoms with E-state index in [1.54, 1.807) is 6.92 Å². The highest BCUT2D eigenvalue weighted by Crippen LogP contribution is 2.30. The van der Waals surface area contributed by atoms with Crippen LogP contribution in [0.15, 0.2) is 29.8 Å². The van der Waals surface area contributed by atoms with Gasteiger partial charge in [-0.1, -0.05) is 19.1 Å². The molecular weight excluding hydrogens is 298 g/mol. The molecule has 112 valence electrons. The van der Waals surface area contributed by atoms with Crippen molar-refractivity contribution in [2.24, 2.45) is 5.92 Å². The van der Waals surface area contributed by atoms with E-state index in [0.717, 1.165) is 6.92 Å². The number of non-ortho nitro benzene ring substituents is 1. The number of halogens is 1. The number of Topliss-reactive ketones (excluding diaryl/α,β-unsaturated/α-hetero) is 1. The summed E-state index contributed by atoms with van der Waals surface area (Å²) in [5, 5.41) is 20.1. The van der Waals surface area contributed by atoms with Gasteiger partial charge >= 0.3 is 5.97 Å². The number of rotatable bonds is 6. The number of allylic oxidation sites excluding steroid dienone is 1. The second kappa shape index (κ2) is 6.99. The smallest absolute Gasteiger partial charge is 0.339 e. The number of carbonyl (C=O) groups is 2. The predicted molar refractivity (Wildman–Crippen MR) is 78.2 cm³/mol. The molecule has 0 spiro atoms. The molecule has 1 aromatic rings. The molecule has 1 rings (SSSR count). The van der Waals surface area contributed by atoms with Crippen molar-refractivity contribution in [3.63, 3.8) is 0 Å². The number of nitro benzene ring substituents is 1. The number of hydrogen-bond donors (Lipinski definition) is 1. The fraction of sp³-hybridized carbons (Fsp3) is 0.286. The van der Waals surface area contributed by atoms with Gasteiger partial charge in [0.1, 0.15) is 5.57 Å². The van der Waals surface area contributed by atoms with Gasteiger partial charge in [0.05, 0.1) is 4.92 Å². The van der Waals surface area contributed by atoms with Gasteiger partial charge < -0.3 is 5.11 Å². The van der Waals surface area contributed by atoms with Gasteiger partial charge in [-0.05, 0) is 24.0 Å². The molecule has 0 bridgehead atoms. The summed E-state index contributed by atoms with van der Waals surface area (Å²) in [5.74, 6) is -2.35. The molecule has 0 aromatic heterocycles. The van der Waals surface area contributed by atoms with Crippen molar-refractivity contribution in [2.75, 3.05) is 5.88 Å². The van der Waals surface area contributed by atoms with Gasteiger partial charge in [-0.3, -0.25) is 14.9 Å². The van der Waals surface area contributed by atoms with Crippen molar-refractivity contribution in [3.8, 4) is 0 Å². The number of carbonyl (C=O) groups excluding carboxylic acids is 1. The Bertz CT molecular complexity index is 608. The first kappa shape index (κ1) is 16.8. The van der Waals surface area contributed by atoms with Crippen LogP contribution in [0.2, 0.25) is 0 Å². The molecule has 21 heavy (non-hydrogen) atoms. The van der Waals surface area contributed by atoms with E-state index in [2.05, 4.69) is 0 Å². The van der Waals surface area contributed by atoms with Crippen LogP contribution in [0.1, 0.15) is 19.4 Å². The van der Waals surface area contributed by atoms with Crippen LogP contribution < -0.4 is 0 Å². The lowest BCUT2D eigenvalue weighted by atomic mass is 9.88. The summed E-state index contributed by atoms with van der Waals surface area (Å²) in [6, 6.07) is 5.50. The monoisotopic (exact) mass is 311 g/mol. The van der Waals surface area contributed by atoms with Crippen LogP contribution in [-0.4, -0.2) is 27.7 Å². The van der Waals surface area contributed by atoms with Crippen LogP contribution in [0.3, 0.4) is 0 Å². The zero-order valence-electron chi connectivity index (χ0n) is 11.5. The fourth-order valence-corrected chi connectivity index (χ4v) is 2.15. The van der Waals surface area contributed by atoms with E-state index in [1.165, 1.54) is 24.3 Å². The quantitative estimate of drug-likeness (QED) is 0.217. The Balaban J connectivity index is 3.63. The summed E-state index contributed by atoms with van der Waals surface area (Å²) in [7, 11) is 0. The molecule has 1 aromatic carbocycles. The SMILES string of the molecule is CC(=O)C(C(=O)O)=C(c1cccc([N+](=O)[O-])c1)C(C)CCl. The Morgan fingerprint density at radius 3 is 2.48 bits per heavy atom. The van der Waals surface area contributed by atoms with Crippen molar-refractivity contribution in [1.82, 2.24) is 0 Å². The van der Waals surface area contributed by atoms with Gasteiger partial charge in [0, 0.05) is 18.0 Å². The molecular formula is C14H14ClNO5. The largest absolute Gasteiger partial charge is 0.478 e. The van der Waals surface area contributed by atoms with E-state index in [9.17, 15) is 24.8 Å². The Morgan fingerprint density at radius 1 is 1.43 bits per heavy atom. The van der Waals surface area contributed by atoms with E-state index >= 15 is 0 Å². The first-order valence-corrected chi connectivity index (χ1v) is 6.62. The van der Waals surface area contributed by atoms with Crippen molar-refractivity contribution in [1.29, 1.82) is 0 Å². The van der Waals surface area contributed by atoms with Gasteiger partial charge in [0.15, 0.2) is 5.78 Å². The minimum atomic E-state index is -1.37. The lowest BCUT2D eigenvalue weighted by molar-refractivity contribution is -0.384. The van der Waals surface area contributed by atoms with Crippen LogP contribution >= 0.6 is 11.6 Å². The van der Waals surface area contributed by atoms with E-state index < -0.39 is 28.2 Å². The van der Waals surface area contributed by atoms with E-state index in [1.807, 2.05) is 0 Å². The first-order chi connectivity index (χ1) is 9.79. The predicted octanol–water partition coefficient (Wildman–Crippen LogP) is 2.90. The number of ketones is 1. The minimum Gasteiger partial charge on any atom is -0.478 e. The number of carboxylic acids is 1. The molecule has 1 atom stereocenters. The number of hydrogen-bond acceptors (Lipinski definition) is 4. The number of benzene rings is 1. The molecule has 0 aliphatic rings. The van der Waals surface area contributed by atoms with Crippen LogP contribution in [0.25, 0.3) is 5.57 Å². The van der Waals surface area contributed by atoms with Crippen molar-refractivity contribution < 1.29 is 19.6 Å². The summed E-state index contributed by atoms with van der Waals surface area (Å²) >= 11 is 5.78. The van der Waals surface area contributed by atoms with Gasteiger partial charge in [-0.25, -0.2) is 4.79 Å². The summed E-state index contributed by atoms with van der Waals surface area (Å²) in [6.45, 7) is 2.80. The highest BCUT2D eigenvalue weighted by molar-refractivity contribution is 6.23. The third-order valence-electron chi connectivity index (χ3n) is 2.93. The highest BCUT2D eigenvalue weighted by Gasteiger charge is 2.25. The van der Waals surface area contributed by atoms with Crippen LogP contribution in [0.5, 0.6) is 0 Å². The van der Waals surface area contributed by atoms with Gasteiger partial charge in [-0.15, -0.1) is 11.6 Å². The summed E-state index contributed by atoms with van der Waals surface area (Å²) < 4.78 is 0. The molecule has 1 unspecified atom stereocenters. The lowest BCUT2D eigenvalue weighted by Gasteiger charge is -2.16. The number of nitro groups is 1. The van der Waals surface area contributed by atoms with Crippen LogP contribution in [-0.2, 0) is 9.59 Å². The van der Waals surface area contributed by atoms with Crippen LogP contribution in [0.4, 0.5) is 5.69 Å². The molecule has 0 saturated heterocycles. The summed E-state index contributed by atoms with van der Waals surface area (Å²) in [4.78, 5) is 33.2. The van der Waals surface area contributed by atoms with Crippen molar-refractivity contribution >= 4 is 34.6 Å². The average molecular weight is 312 g/mol. The second-order valence-corrected chi connectivity index (χ2v) is 4.82.